The summed E-state index contributed by atoms with van der Waals surface area (Å²) in [4.78, 5) is 4.79. The van der Waals surface area contributed by atoms with E-state index < -0.39 is 0 Å². The second-order valence-corrected chi connectivity index (χ2v) is 5.84. The van der Waals surface area contributed by atoms with Crippen LogP contribution in [0.2, 0.25) is 0 Å². The molecule has 0 radical (unpaired) electrons. The number of hydrogen-bond donors (Lipinski definition) is 1. The van der Waals surface area contributed by atoms with E-state index in [1.54, 1.807) is 0 Å². The molecular formula is C14H19N3S. The summed E-state index contributed by atoms with van der Waals surface area (Å²) in [6.07, 6.45) is 1.04. The van der Waals surface area contributed by atoms with Gasteiger partial charge in [0.1, 0.15) is 5.82 Å². The first kappa shape index (κ1) is 12.1. The van der Waals surface area contributed by atoms with Crippen molar-refractivity contribution in [3.8, 4) is 0 Å². The molecule has 18 heavy (non-hydrogen) atoms. The van der Waals surface area contributed by atoms with Gasteiger partial charge in [-0.3, -0.25) is 0 Å². The van der Waals surface area contributed by atoms with E-state index in [1.807, 2.05) is 11.8 Å². The minimum Gasteiger partial charge on any atom is -0.328 e. The van der Waals surface area contributed by atoms with Gasteiger partial charge in [0.05, 0.1) is 11.0 Å². The van der Waals surface area contributed by atoms with E-state index in [1.165, 1.54) is 22.8 Å². The number of rotatable bonds is 3. The molecule has 1 aliphatic rings. The normalized spacial score (nSPS) is 20.4. The summed E-state index contributed by atoms with van der Waals surface area (Å²) in [5.74, 6) is 3.66. The van der Waals surface area contributed by atoms with Gasteiger partial charge < -0.3 is 9.88 Å². The molecular weight excluding hydrogens is 242 g/mol. The van der Waals surface area contributed by atoms with Crippen LogP contribution in [-0.4, -0.2) is 33.6 Å². The summed E-state index contributed by atoms with van der Waals surface area (Å²) >= 11 is 2.04. The number of nitrogens with zero attached hydrogens (tertiary/aromatic N) is 2. The molecule has 2 aromatic rings. The highest BCUT2D eigenvalue weighted by Crippen LogP contribution is 2.18. The second-order valence-electron chi connectivity index (χ2n) is 4.69. The number of para-hydroxylation sites is 2. The first-order valence-corrected chi connectivity index (χ1v) is 7.79. The van der Waals surface area contributed by atoms with Crippen LogP contribution in [0.4, 0.5) is 0 Å². The summed E-state index contributed by atoms with van der Waals surface area (Å²) in [7, 11) is 0. The van der Waals surface area contributed by atoms with Crippen molar-refractivity contribution in [1.82, 2.24) is 14.9 Å². The van der Waals surface area contributed by atoms with Gasteiger partial charge in [0.15, 0.2) is 0 Å². The van der Waals surface area contributed by atoms with E-state index in [-0.39, 0.29) is 0 Å². The topological polar surface area (TPSA) is 29.9 Å². The maximum atomic E-state index is 4.79. The van der Waals surface area contributed by atoms with Crippen LogP contribution >= 0.6 is 11.8 Å². The van der Waals surface area contributed by atoms with Gasteiger partial charge in [-0.1, -0.05) is 12.1 Å². The van der Waals surface area contributed by atoms with Crippen molar-refractivity contribution in [1.29, 1.82) is 0 Å². The number of imidazole rings is 1. The first-order valence-electron chi connectivity index (χ1n) is 6.63. The standard InChI is InChI=1S/C14H19N3S/c1-2-17-13-6-4-3-5-12(13)16-14(17)9-11-10-18-8-7-15-11/h3-6,11,15H,2,7-10H2,1H3. The smallest absolute Gasteiger partial charge is 0.111 e. The molecule has 3 nitrogen and oxygen atoms in total. The Labute approximate surface area is 112 Å². The molecule has 96 valence electrons. The fraction of sp³-hybridized carbons (Fsp3) is 0.500. The number of thioether (sulfide) groups is 1. The number of fused-ring (bicyclic) bond motifs is 1. The monoisotopic (exact) mass is 261 g/mol. The fourth-order valence-electron chi connectivity index (χ4n) is 2.61. The molecule has 1 atom stereocenters. The van der Waals surface area contributed by atoms with E-state index >= 15 is 0 Å². The molecule has 0 spiro atoms. The Bertz CT molecular complexity index is 529. The zero-order chi connectivity index (χ0) is 12.4. The summed E-state index contributed by atoms with van der Waals surface area (Å²) in [5, 5.41) is 3.59. The van der Waals surface area contributed by atoms with Crippen molar-refractivity contribution in [3.63, 3.8) is 0 Å². The zero-order valence-electron chi connectivity index (χ0n) is 10.7. The number of benzene rings is 1. The third kappa shape index (κ3) is 2.27. The highest BCUT2D eigenvalue weighted by Gasteiger charge is 2.17. The number of aryl methyl sites for hydroxylation is 1. The molecule has 0 saturated carbocycles. The summed E-state index contributed by atoms with van der Waals surface area (Å²) < 4.78 is 2.34. The van der Waals surface area contributed by atoms with Crippen molar-refractivity contribution in [2.45, 2.75) is 25.9 Å². The molecule has 1 aromatic heterocycles. The lowest BCUT2D eigenvalue weighted by Crippen LogP contribution is -2.39. The van der Waals surface area contributed by atoms with Crippen LogP contribution in [0.1, 0.15) is 12.7 Å². The Morgan fingerprint density at radius 2 is 2.33 bits per heavy atom. The molecule has 1 fully saturated rings. The van der Waals surface area contributed by atoms with E-state index in [0.29, 0.717) is 6.04 Å². The SMILES string of the molecule is CCn1c(CC2CSCCN2)nc2ccccc21. The van der Waals surface area contributed by atoms with Crippen LogP contribution < -0.4 is 5.32 Å². The van der Waals surface area contributed by atoms with E-state index in [0.717, 1.165) is 25.0 Å². The maximum absolute atomic E-state index is 4.79. The minimum atomic E-state index is 0.575. The largest absolute Gasteiger partial charge is 0.328 e. The summed E-state index contributed by atoms with van der Waals surface area (Å²) in [6, 6.07) is 9.00. The molecule has 2 heterocycles. The van der Waals surface area contributed by atoms with Crippen LogP contribution in [0.25, 0.3) is 11.0 Å². The molecule has 3 rings (SSSR count). The van der Waals surface area contributed by atoms with E-state index in [2.05, 4.69) is 41.1 Å². The lowest BCUT2D eigenvalue weighted by molar-refractivity contribution is 0.537. The van der Waals surface area contributed by atoms with Gasteiger partial charge in [-0.25, -0.2) is 4.98 Å². The maximum Gasteiger partial charge on any atom is 0.111 e. The fourth-order valence-corrected chi connectivity index (χ4v) is 3.55. The highest BCUT2D eigenvalue weighted by atomic mass is 32.2. The Hall–Kier alpha value is -1.00. The van der Waals surface area contributed by atoms with Crippen molar-refractivity contribution < 1.29 is 0 Å². The lowest BCUT2D eigenvalue weighted by atomic mass is 10.2. The summed E-state index contributed by atoms with van der Waals surface area (Å²) in [5.41, 5.74) is 2.39. The quantitative estimate of drug-likeness (QED) is 0.919. The van der Waals surface area contributed by atoms with Crippen LogP contribution in [0.3, 0.4) is 0 Å². The van der Waals surface area contributed by atoms with Crippen LogP contribution in [0.15, 0.2) is 24.3 Å². The Kier molecular flexibility index (Phi) is 3.57. The van der Waals surface area contributed by atoms with Crippen LogP contribution in [0.5, 0.6) is 0 Å². The summed E-state index contributed by atoms with van der Waals surface area (Å²) in [6.45, 7) is 4.32. The van der Waals surface area contributed by atoms with Gasteiger partial charge >= 0.3 is 0 Å². The molecule has 1 saturated heterocycles. The number of hydrogen-bond acceptors (Lipinski definition) is 3. The van der Waals surface area contributed by atoms with Gasteiger partial charge in [-0.2, -0.15) is 11.8 Å². The average molecular weight is 261 g/mol. The minimum absolute atomic E-state index is 0.575. The molecule has 0 amide bonds. The second kappa shape index (κ2) is 5.33. The van der Waals surface area contributed by atoms with Gasteiger partial charge in [-0.05, 0) is 19.1 Å². The Morgan fingerprint density at radius 1 is 1.44 bits per heavy atom. The Balaban J connectivity index is 1.90. The van der Waals surface area contributed by atoms with Crippen molar-refractivity contribution in [3.05, 3.63) is 30.1 Å². The van der Waals surface area contributed by atoms with Gasteiger partial charge in [0.25, 0.3) is 0 Å². The molecule has 0 bridgehead atoms. The molecule has 1 aromatic carbocycles. The van der Waals surface area contributed by atoms with Gasteiger partial charge in [-0.15, -0.1) is 0 Å². The van der Waals surface area contributed by atoms with Crippen LogP contribution in [-0.2, 0) is 13.0 Å². The molecule has 4 heteroatoms. The predicted molar refractivity (Wildman–Crippen MR) is 78.2 cm³/mol. The van der Waals surface area contributed by atoms with Crippen molar-refractivity contribution in [2.24, 2.45) is 0 Å². The highest BCUT2D eigenvalue weighted by molar-refractivity contribution is 7.99. The Morgan fingerprint density at radius 3 is 3.11 bits per heavy atom. The number of aromatic nitrogens is 2. The van der Waals surface area contributed by atoms with Gasteiger partial charge in [0.2, 0.25) is 0 Å². The average Bonchev–Trinajstić information content (AvgIpc) is 2.77. The third-order valence-electron chi connectivity index (χ3n) is 3.48. The molecule has 1 aliphatic heterocycles. The van der Waals surface area contributed by atoms with E-state index in [9.17, 15) is 0 Å². The van der Waals surface area contributed by atoms with Gasteiger partial charge in [0, 0.05) is 37.1 Å². The zero-order valence-corrected chi connectivity index (χ0v) is 11.5. The number of nitrogens with one attached hydrogen (secondary N) is 1. The third-order valence-corrected chi connectivity index (χ3v) is 4.61. The van der Waals surface area contributed by atoms with Crippen molar-refractivity contribution >= 4 is 22.8 Å². The molecule has 0 aliphatic carbocycles. The molecule has 1 N–H and O–H groups in total. The van der Waals surface area contributed by atoms with Crippen LogP contribution in [0, 0.1) is 0 Å². The lowest BCUT2D eigenvalue weighted by Gasteiger charge is -2.23. The van der Waals surface area contributed by atoms with Crippen molar-refractivity contribution in [2.75, 3.05) is 18.1 Å². The predicted octanol–water partition coefficient (Wildman–Crippen LogP) is 2.30. The first-order chi connectivity index (χ1) is 8.88. The van der Waals surface area contributed by atoms with E-state index in [4.69, 9.17) is 4.98 Å². The molecule has 1 unspecified atom stereocenters.